The van der Waals surface area contributed by atoms with Crippen LogP contribution in [0.1, 0.15) is 12.0 Å². The molecular formula is C19H27N3O3S2. The van der Waals surface area contributed by atoms with E-state index in [4.69, 9.17) is 5.14 Å². The van der Waals surface area contributed by atoms with Crippen LogP contribution in [0.4, 0.5) is 5.69 Å². The first-order chi connectivity index (χ1) is 12.7. The highest BCUT2D eigenvalue weighted by molar-refractivity contribution is 7.99. The fourth-order valence-electron chi connectivity index (χ4n) is 2.62. The predicted molar refractivity (Wildman–Crippen MR) is 112 cm³/mol. The number of rotatable bonds is 9. The standard InChI is InChI=1S/C19H27N3O3S2/c1-14-11-17(27(20,24)25)12-18(23)19(14)21-15(9-10-22(2)3)13-26-16-7-5-4-6-8-16/h4-8,11-12,15,21,23H,9-10,13H2,1-3H3,(H2,20,24,25). The third-order valence-corrected chi connectivity index (χ3v) is 6.15. The first-order valence-electron chi connectivity index (χ1n) is 8.62. The number of thioether (sulfide) groups is 1. The van der Waals surface area contributed by atoms with Crippen LogP contribution in [-0.4, -0.2) is 50.9 Å². The second kappa shape index (κ2) is 9.45. The Kier molecular flexibility index (Phi) is 7.55. The Hall–Kier alpha value is -1.74. The summed E-state index contributed by atoms with van der Waals surface area (Å²) in [6.07, 6.45) is 0.878. The smallest absolute Gasteiger partial charge is 0.238 e. The summed E-state index contributed by atoms with van der Waals surface area (Å²) in [4.78, 5) is 3.20. The highest BCUT2D eigenvalue weighted by Gasteiger charge is 2.17. The van der Waals surface area contributed by atoms with Gasteiger partial charge in [0, 0.05) is 22.8 Å². The second-order valence-corrected chi connectivity index (χ2v) is 9.39. The van der Waals surface area contributed by atoms with Crippen molar-refractivity contribution in [2.75, 3.05) is 31.7 Å². The van der Waals surface area contributed by atoms with Gasteiger partial charge in [0.2, 0.25) is 10.0 Å². The van der Waals surface area contributed by atoms with E-state index in [1.165, 1.54) is 17.0 Å². The van der Waals surface area contributed by atoms with E-state index >= 15 is 0 Å². The summed E-state index contributed by atoms with van der Waals surface area (Å²) in [5.41, 5.74) is 1.18. The van der Waals surface area contributed by atoms with E-state index in [0.717, 1.165) is 18.7 Å². The minimum absolute atomic E-state index is 0.0912. The average Bonchev–Trinajstić information content (AvgIpc) is 2.59. The lowest BCUT2D eigenvalue weighted by atomic mass is 10.1. The van der Waals surface area contributed by atoms with Crippen molar-refractivity contribution >= 4 is 27.5 Å². The average molecular weight is 410 g/mol. The topological polar surface area (TPSA) is 95.7 Å². The molecule has 0 spiro atoms. The molecule has 1 atom stereocenters. The Labute approximate surface area is 165 Å². The minimum atomic E-state index is -3.86. The van der Waals surface area contributed by atoms with Crippen molar-refractivity contribution in [3.05, 3.63) is 48.0 Å². The number of hydrogen-bond acceptors (Lipinski definition) is 6. The van der Waals surface area contributed by atoms with Gasteiger partial charge in [-0.3, -0.25) is 0 Å². The van der Waals surface area contributed by atoms with E-state index in [9.17, 15) is 13.5 Å². The number of anilines is 1. The maximum Gasteiger partial charge on any atom is 0.238 e. The zero-order valence-electron chi connectivity index (χ0n) is 15.8. The summed E-state index contributed by atoms with van der Waals surface area (Å²) in [5, 5.41) is 18.9. The van der Waals surface area contributed by atoms with Gasteiger partial charge >= 0.3 is 0 Å². The van der Waals surface area contributed by atoms with Crippen molar-refractivity contribution in [2.24, 2.45) is 5.14 Å². The lowest BCUT2D eigenvalue weighted by Crippen LogP contribution is -2.28. The molecular weight excluding hydrogens is 382 g/mol. The summed E-state index contributed by atoms with van der Waals surface area (Å²) in [6.45, 7) is 2.65. The third kappa shape index (κ3) is 6.73. The predicted octanol–water partition coefficient (Wildman–Crippen LogP) is 2.87. The van der Waals surface area contributed by atoms with E-state index in [0.29, 0.717) is 11.3 Å². The molecule has 0 saturated heterocycles. The molecule has 0 radical (unpaired) electrons. The van der Waals surface area contributed by atoms with Gasteiger partial charge in [0.15, 0.2) is 0 Å². The summed E-state index contributed by atoms with van der Waals surface area (Å²) in [5.74, 6) is 0.701. The van der Waals surface area contributed by atoms with Crippen LogP contribution in [0.25, 0.3) is 0 Å². The fourth-order valence-corrected chi connectivity index (χ4v) is 4.23. The third-order valence-electron chi connectivity index (χ3n) is 4.08. The van der Waals surface area contributed by atoms with Crippen molar-refractivity contribution < 1.29 is 13.5 Å². The summed E-state index contributed by atoms with van der Waals surface area (Å²) < 4.78 is 23.1. The largest absolute Gasteiger partial charge is 0.506 e. The molecule has 0 saturated carbocycles. The molecule has 4 N–H and O–H groups in total. The molecule has 0 heterocycles. The Bertz CT molecular complexity index is 833. The second-order valence-electron chi connectivity index (χ2n) is 6.74. The lowest BCUT2D eigenvalue weighted by molar-refractivity contribution is 0.391. The molecule has 0 aliphatic heterocycles. The van der Waals surface area contributed by atoms with Crippen molar-refractivity contribution in [3.8, 4) is 5.75 Å². The Morgan fingerprint density at radius 2 is 1.89 bits per heavy atom. The number of nitrogens with zero attached hydrogens (tertiary/aromatic N) is 1. The number of nitrogens with one attached hydrogen (secondary N) is 1. The SMILES string of the molecule is Cc1cc(S(N)(=O)=O)cc(O)c1NC(CCN(C)C)CSc1ccccc1. The maximum absolute atomic E-state index is 11.5. The number of benzene rings is 2. The van der Waals surface area contributed by atoms with Crippen LogP contribution in [0.2, 0.25) is 0 Å². The van der Waals surface area contributed by atoms with Gasteiger partial charge in [-0.1, -0.05) is 18.2 Å². The molecule has 0 aromatic heterocycles. The van der Waals surface area contributed by atoms with Crippen LogP contribution in [-0.2, 0) is 10.0 Å². The van der Waals surface area contributed by atoms with Crippen molar-refractivity contribution in [1.29, 1.82) is 0 Å². The van der Waals surface area contributed by atoms with Gasteiger partial charge in [-0.25, -0.2) is 13.6 Å². The number of aryl methyl sites for hydroxylation is 1. The van der Waals surface area contributed by atoms with Gasteiger partial charge in [-0.05, 0) is 57.7 Å². The van der Waals surface area contributed by atoms with Crippen LogP contribution < -0.4 is 10.5 Å². The summed E-state index contributed by atoms with van der Waals surface area (Å²) in [6, 6.07) is 12.9. The molecule has 0 amide bonds. The summed E-state index contributed by atoms with van der Waals surface area (Å²) in [7, 11) is 0.178. The molecule has 0 bridgehead atoms. The highest BCUT2D eigenvalue weighted by Crippen LogP contribution is 2.32. The molecule has 2 aromatic carbocycles. The number of primary sulfonamides is 1. The molecule has 148 valence electrons. The number of phenols is 1. The zero-order chi connectivity index (χ0) is 20.0. The number of nitrogens with two attached hydrogens (primary N) is 1. The van der Waals surface area contributed by atoms with Crippen molar-refractivity contribution in [1.82, 2.24) is 4.90 Å². The van der Waals surface area contributed by atoms with Gasteiger partial charge in [0.1, 0.15) is 5.75 Å². The summed E-state index contributed by atoms with van der Waals surface area (Å²) >= 11 is 1.74. The molecule has 27 heavy (non-hydrogen) atoms. The lowest BCUT2D eigenvalue weighted by Gasteiger charge is -2.23. The van der Waals surface area contributed by atoms with E-state index in [1.807, 2.05) is 32.3 Å². The van der Waals surface area contributed by atoms with Gasteiger partial charge in [-0.15, -0.1) is 11.8 Å². The van der Waals surface area contributed by atoms with Crippen LogP contribution in [0.3, 0.4) is 0 Å². The molecule has 6 nitrogen and oxygen atoms in total. The molecule has 2 aromatic rings. The fraction of sp³-hybridized carbons (Fsp3) is 0.368. The van der Waals surface area contributed by atoms with Gasteiger partial charge in [-0.2, -0.15) is 0 Å². The van der Waals surface area contributed by atoms with Crippen LogP contribution in [0.15, 0.2) is 52.3 Å². The molecule has 0 fully saturated rings. The van der Waals surface area contributed by atoms with Crippen LogP contribution >= 0.6 is 11.8 Å². The first kappa shape index (κ1) is 21.6. The Morgan fingerprint density at radius 3 is 2.44 bits per heavy atom. The van der Waals surface area contributed by atoms with Gasteiger partial charge < -0.3 is 15.3 Å². The molecule has 2 rings (SSSR count). The number of phenolic OH excluding ortho intramolecular Hbond substituents is 1. The van der Waals surface area contributed by atoms with Crippen molar-refractivity contribution in [3.63, 3.8) is 0 Å². The molecule has 8 heteroatoms. The molecule has 1 unspecified atom stereocenters. The monoisotopic (exact) mass is 409 g/mol. The number of sulfonamides is 1. The Morgan fingerprint density at radius 1 is 1.22 bits per heavy atom. The molecule has 0 aliphatic carbocycles. The van der Waals surface area contributed by atoms with E-state index in [1.54, 1.807) is 18.7 Å². The molecule has 0 aliphatic rings. The van der Waals surface area contributed by atoms with E-state index in [-0.39, 0.29) is 16.7 Å². The minimum Gasteiger partial charge on any atom is -0.506 e. The quantitative estimate of drug-likeness (QED) is 0.435. The zero-order valence-corrected chi connectivity index (χ0v) is 17.5. The van der Waals surface area contributed by atoms with Gasteiger partial charge in [0.25, 0.3) is 0 Å². The van der Waals surface area contributed by atoms with Gasteiger partial charge in [0.05, 0.1) is 10.6 Å². The van der Waals surface area contributed by atoms with E-state index < -0.39 is 10.0 Å². The normalized spacial score (nSPS) is 12.9. The van der Waals surface area contributed by atoms with Crippen molar-refractivity contribution in [2.45, 2.75) is 29.2 Å². The van der Waals surface area contributed by atoms with Crippen LogP contribution in [0, 0.1) is 6.92 Å². The first-order valence-corrected chi connectivity index (χ1v) is 11.2. The number of aromatic hydroxyl groups is 1. The highest BCUT2D eigenvalue weighted by atomic mass is 32.2. The number of hydrogen-bond donors (Lipinski definition) is 3. The van der Waals surface area contributed by atoms with E-state index in [2.05, 4.69) is 22.3 Å². The van der Waals surface area contributed by atoms with Crippen LogP contribution in [0.5, 0.6) is 5.75 Å². The maximum atomic E-state index is 11.5. The Balaban J connectivity index is 2.18.